The summed E-state index contributed by atoms with van der Waals surface area (Å²) in [5.74, 6) is -0.0673. The molecule has 3 N–H and O–H groups in total. The molecule has 88 valence electrons. The van der Waals surface area contributed by atoms with Gasteiger partial charge in [0, 0.05) is 29.2 Å². The van der Waals surface area contributed by atoms with Crippen molar-refractivity contribution in [2.75, 3.05) is 0 Å². The third-order valence-corrected chi connectivity index (χ3v) is 3.72. The van der Waals surface area contributed by atoms with E-state index in [9.17, 15) is 4.79 Å². The number of nitrogens with zero attached hydrogens (tertiary/aromatic N) is 1. The Bertz CT molecular complexity index is 614. The normalized spacial score (nSPS) is 23.6. The lowest BCUT2D eigenvalue weighted by Gasteiger charge is -2.34. The van der Waals surface area contributed by atoms with Crippen LogP contribution in [0.2, 0.25) is 0 Å². The fraction of sp³-hybridized carbons (Fsp3) is 0.308. The quantitative estimate of drug-likeness (QED) is 0.716. The Morgan fingerprint density at radius 1 is 1.35 bits per heavy atom. The van der Waals surface area contributed by atoms with E-state index >= 15 is 0 Å². The summed E-state index contributed by atoms with van der Waals surface area (Å²) < 4.78 is 2.14. The predicted molar refractivity (Wildman–Crippen MR) is 66.5 cm³/mol. The summed E-state index contributed by atoms with van der Waals surface area (Å²) in [7, 11) is 2.03. The number of hydrogen-bond acceptors (Lipinski definition) is 2. The lowest BCUT2D eigenvalue weighted by atomic mass is 9.90. The minimum atomic E-state index is -0.417. The number of hydrogen-bond donors (Lipinski definition) is 2. The van der Waals surface area contributed by atoms with Crippen LogP contribution in [0.3, 0.4) is 0 Å². The number of aryl methyl sites for hydroxylation is 1. The van der Waals surface area contributed by atoms with Crippen molar-refractivity contribution in [1.29, 1.82) is 0 Å². The maximum Gasteiger partial charge on any atom is 0.239 e. The molecule has 1 fully saturated rings. The van der Waals surface area contributed by atoms with Crippen molar-refractivity contribution in [1.82, 2.24) is 9.88 Å². The standard InChI is InChI=1S/C13H15N3O/c1-7-10(12-11(14)13(17)15-12)8-5-3-4-6-9(8)16(7)2/h3-6,11-12H,14H2,1-2H3,(H,15,17). The van der Waals surface area contributed by atoms with Crippen LogP contribution in [0.4, 0.5) is 0 Å². The Morgan fingerprint density at radius 3 is 2.71 bits per heavy atom. The number of para-hydroxylation sites is 1. The summed E-state index contributed by atoms with van der Waals surface area (Å²) in [6, 6.07) is 7.72. The van der Waals surface area contributed by atoms with Crippen molar-refractivity contribution < 1.29 is 4.79 Å². The SMILES string of the molecule is Cc1c(C2NC(=O)C2N)c2ccccc2n1C. The fourth-order valence-electron chi connectivity index (χ4n) is 2.59. The Balaban J connectivity index is 2.23. The van der Waals surface area contributed by atoms with Crippen molar-refractivity contribution in [3.63, 3.8) is 0 Å². The van der Waals surface area contributed by atoms with E-state index in [1.54, 1.807) is 0 Å². The highest BCUT2D eigenvalue weighted by atomic mass is 16.2. The van der Waals surface area contributed by atoms with Crippen LogP contribution in [0.15, 0.2) is 24.3 Å². The van der Waals surface area contributed by atoms with E-state index in [-0.39, 0.29) is 11.9 Å². The van der Waals surface area contributed by atoms with Gasteiger partial charge in [-0.25, -0.2) is 0 Å². The van der Waals surface area contributed by atoms with E-state index in [0.717, 1.165) is 11.3 Å². The number of benzene rings is 1. The molecule has 4 nitrogen and oxygen atoms in total. The largest absolute Gasteiger partial charge is 0.348 e. The lowest BCUT2D eigenvalue weighted by Crippen LogP contribution is -2.60. The molecule has 1 saturated heterocycles. The second kappa shape index (κ2) is 3.34. The number of nitrogens with two attached hydrogens (primary N) is 1. The van der Waals surface area contributed by atoms with Gasteiger partial charge >= 0.3 is 0 Å². The van der Waals surface area contributed by atoms with Crippen molar-refractivity contribution in [2.24, 2.45) is 12.8 Å². The molecule has 1 aromatic carbocycles. The molecule has 2 unspecified atom stereocenters. The molecule has 2 heterocycles. The summed E-state index contributed by atoms with van der Waals surface area (Å²) in [6.45, 7) is 2.06. The van der Waals surface area contributed by atoms with Crippen molar-refractivity contribution in [3.05, 3.63) is 35.5 Å². The summed E-state index contributed by atoms with van der Waals surface area (Å²) in [4.78, 5) is 11.2. The first-order valence-electron chi connectivity index (χ1n) is 5.71. The fourth-order valence-corrected chi connectivity index (χ4v) is 2.59. The van der Waals surface area contributed by atoms with E-state index in [1.165, 1.54) is 10.9 Å². The van der Waals surface area contributed by atoms with E-state index < -0.39 is 6.04 Å². The molecule has 0 radical (unpaired) electrons. The third-order valence-electron chi connectivity index (χ3n) is 3.72. The van der Waals surface area contributed by atoms with Crippen LogP contribution in [0, 0.1) is 6.92 Å². The van der Waals surface area contributed by atoms with Gasteiger partial charge in [-0.2, -0.15) is 0 Å². The van der Waals surface area contributed by atoms with Crippen molar-refractivity contribution >= 4 is 16.8 Å². The van der Waals surface area contributed by atoms with Gasteiger partial charge in [0.15, 0.2) is 0 Å². The molecule has 0 saturated carbocycles. The zero-order valence-electron chi connectivity index (χ0n) is 9.90. The topological polar surface area (TPSA) is 60.1 Å². The molecule has 0 bridgehead atoms. The van der Waals surface area contributed by atoms with Gasteiger partial charge in [0.05, 0.1) is 6.04 Å². The lowest BCUT2D eigenvalue weighted by molar-refractivity contribution is -0.130. The van der Waals surface area contributed by atoms with Gasteiger partial charge in [-0.05, 0) is 13.0 Å². The first-order valence-corrected chi connectivity index (χ1v) is 5.71. The van der Waals surface area contributed by atoms with Crippen LogP contribution in [-0.4, -0.2) is 16.5 Å². The van der Waals surface area contributed by atoms with Crippen LogP contribution >= 0.6 is 0 Å². The molecular formula is C13H15N3O. The molecule has 1 aromatic heterocycles. The number of nitrogens with one attached hydrogen (secondary N) is 1. The highest BCUT2D eigenvalue weighted by Crippen LogP contribution is 2.34. The van der Waals surface area contributed by atoms with E-state index in [1.807, 2.05) is 19.2 Å². The number of fused-ring (bicyclic) bond motifs is 1. The zero-order chi connectivity index (χ0) is 12.2. The Morgan fingerprint density at radius 2 is 2.06 bits per heavy atom. The first-order chi connectivity index (χ1) is 8.11. The molecule has 1 amide bonds. The van der Waals surface area contributed by atoms with Gasteiger partial charge in [0.1, 0.15) is 6.04 Å². The summed E-state index contributed by atoms with van der Waals surface area (Å²) >= 11 is 0. The molecule has 2 atom stereocenters. The van der Waals surface area contributed by atoms with Crippen LogP contribution in [0.1, 0.15) is 17.3 Å². The summed E-state index contributed by atoms with van der Waals surface area (Å²) in [5, 5.41) is 4.05. The number of carbonyl (C=O) groups is 1. The Kier molecular flexibility index (Phi) is 2.03. The predicted octanol–water partition coefficient (Wildman–Crippen LogP) is 0.985. The van der Waals surface area contributed by atoms with Gasteiger partial charge in [-0.15, -0.1) is 0 Å². The number of aromatic nitrogens is 1. The van der Waals surface area contributed by atoms with Crippen LogP contribution in [0.25, 0.3) is 10.9 Å². The summed E-state index contributed by atoms with van der Waals surface area (Å²) in [6.07, 6.45) is 0. The molecular weight excluding hydrogens is 214 g/mol. The van der Waals surface area contributed by atoms with E-state index in [2.05, 4.69) is 28.9 Å². The van der Waals surface area contributed by atoms with E-state index in [4.69, 9.17) is 5.73 Å². The second-order valence-corrected chi connectivity index (χ2v) is 4.59. The van der Waals surface area contributed by atoms with Gasteiger partial charge in [-0.1, -0.05) is 18.2 Å². The highest BCUT2D eigenvalue weighted by molar-refractivity contribution is 5.94. The van der Waals surface area contributed by atoms with Crippen LogP contribution in [0.5, 0.6) is 0 Å². The Labute approximate surface area is 99.4 Å². The van der Waals surface area contributed by atoms with Crippen molar-refractivity contribution in [2.45, 2.75) is 19.0 Å². The Hall–Kier alpha value is -1.81. The molecule has 0 aliphatic carbocycles. The molecule has 0 spiro atoms. The monoisotopic (exact) mass is 229 g/mol. The number of amides is 1. The van der Waals surface area contributed by atoms with Gasteiger partial charge in [0.2, 0.25) is 5.91 Å². The zero-order valence-corrected chi connectivity index (χ0v) is 9.90. The van der Waals surface area contributed by atoms with Crippen LogP contribution < -0.4 is 11.1 Å². The van der Waals surface area contributed by atoms with Crippen LogP contribution in [-0.2, 0) is 11.8 Å². The minimum Gasteiger partial charge on any atom is -0.348 e. The molecule has 2 aromatic rings. The number of carbonyl (C=O) groups excluding carboxylic acids is 1. The maximum absolute atomic E-state index is 11.2. The molecule has 3 rings (SSSR count). The molecule has 1 aliphatic heterocycles. The molecule has 4 heteroatoms. The number of rotatable bonds is 1. The minimum absolute atomic E-state index is 0.0476. The average Bonchev–Trinajstić information content (AvgIpc) is 2.60. The molecule has 1 aliphatic rings. The smallest absolute Gasteiger partial charge is 0.239 e. The average molecular weight is 229 g/mol. The maximum atomic E-state index is 11.2. The summed E-state index contributed by atoms with van der Waals surface area (Å²) in [5.41, 5.74) is 9.33. The van der Waals surface area contributed by atoms with Gasteiger partial charge in [0.25, 0.3) is 0 Å². The van der Waals surface area contributed by atoms with E-state index in [0.29, 0.717) is 0 Å². The van der Waals surface area contributed by atoms with Gasteiger partial charge < -0.3 is 15.6 Å². The molecule has 17 heavy (non-hydrogen) atoms. The first kappa shape index (κ1) is 10.4. The number of β-lactam (4-membered cyclic amide) rings is 1. The van der Waals surface area contributed by atoms with Gasteiger partial charge in [-0.3, -0.25) is 4.79 Å². The van der Waals surface area contributed by atoms with Crippen molar-refractivity contribution in [3.8, 4) is 0 Å². The highest BCUT2D eigenvalue weighted by Gasteiger charge is 2.39. The third kappa shape index (κ3) is 1.24. The second-order valence-electron chi connectivity index (χ2n) is 4.59.